The number of aromatic nitrogens is 5. The molecule has 0 saturated heterocycles. The van der Waals surface area contributed by atoms with Gasteiger partial charge in [0.05, 0.1) is 17.2 Å². The maximum atomic E-state index is 12.3. The fourth-order valence-corrected chi connectivity index (χ4v) is 2.76. The molecule has 3 aromatic heterocycles. The highest BCUT2D eigenvalue weighted by Crippen LogP contribution is 2.23. The van der Waals surface area contributed by atoms with E-state index in [1.807, 2.05) is 19.1 Å². The highest BCUT2D eigenvalue weighted by molar-refractivity contribution is 9.10. The van der Waals surface area contributed by atoms with E-state index in [4.69, 9.17) is 4.42 Å². The van der Waals surface area contributed by atoms with Crippen molar-refractivity contribution in [1.82, 2.24) is 25.0 Å². The van der Waals surface area contributed by atoms with Crippen LogP contribution >= 0.6 is 15.9 Å². The molecule has 25 heavy (non-hydrogen) atoms. The molecule has 3 heterocycles. The van der Waals surface area contributed by atoms with Gasteiger partial charge in [-0.3, -0.25) is 10.1 Å². The largest absolute Gasteiger partial charge is 0.454 e. The molecule has 0 aliphatic carbocycles. The summed E-state index contributed by atoms with van der Waals surface area (Å²) < 4.78 is 8.13. The van der Waals surface area contributed by atoms with Gasteiger partial charge in [-0.2, -0.15) is 0 Å². The molecule has 2 N–H and O–H groups in total. The van der Waals surface area contributed by atoms with Crippen LogP contribution in [0.15, 0.2) is 45.5 Å². The number of benzene rings is 1. The number of H-pyrrole nitrogens is 1. The van der Waals surface area contributed by atoms with Crippen LogP contribution in [0.1, 0.15) is 21.9 Å². The van der Waals surface area contributed by atoms with Crippen molar-refractivity contribution in [3.05, 3.63) is 58.2 Å². The number of carbonyl (C=O) groups excluding carboxylic acids is 1. The number of anilines is 1. The maximum absolute atomic E-state index is 12.3. The molecule has 0 aliphatic rings. The summed E-state index contributed by atoms with van der Waals surface area (Å²) in [5, 5.41) is 10.3. The molecule has 0 fully saturated rings. The van der Waals surface area contributed by atoms with E-state index in [2.05, 4.69) is 41.5 Å². The number of carbonyl (C=O) groups is 1. The Hall–Kier alpha value is -2.94. The number of amides is 1. The van der Waals surface area contributed by atoms with Crippen LogP contribution in [-0.2, 0) is 6.54 Å². The minimum atomic E-state index is -0.375. The summed E-state index contributed by atoms with van der Waals surface area (Å²) in [6.45, 7) is 2.40. The Bertz CT molecular complexity index is 1010. The Morgan fingerprint density at radius 3 is 3.08 bits per heavy atom. The molecule has 1 aromatic carbocycles. The molecule has 4 rings (SSSR count). The second kappa shape index (κ2) is 6.17. The predicted octanol–water partition coefficient (Wildman–Crippen LogP) is 3.12. The molecule has 0 saturated carbocycles. The van der Waals surface area contributed by atoms with Gasteiger partial charge in [-0.15, -0.1) is 5.10 Å². The molecular formula is C16H13BrN6O2. The molecule has 0 bridgehead atoms. The first-order chi connectivity index (χ1) is 12.1. The van der Waals surface area contributed by atoms with Crippen molar-refractivity contribution in [2.45, 2.75) is 13.5 Å². The second-order valence-corrected chi connectivity index (χ2v) is 6.38. The Labute approximate surface area is 150 Å². The molecule has 9 heteroatoms. The normalized spacial score (nSPS) is 11.1. The Morgan fingerprint density at radius 1 is 1.40 bits per heavy atom. The topological polar surface area (TPSA) is 102 Å². The highest BCUT2D eigenvalue weighted by atomic mass is 79.9. The third kappa shape index (κ3) is 3.18. The molecule has 0 atom stereocenters. The zero-order chi connectivity index (χ0) is 17.4. The zero-order valence-corrected chi connectivity index (χ0v) is 14.7. The number of rotatable bonds is 4. The second-order valence-electron chi connectivity index (χ2n) is 5.52. The van der Waals surface area contributed by atoms with E-state index in [1.165, 1.54) is 0 Å². The zero-order valence-electron chi connectivity index (χ0n) is 13.2. The van der Waals surface area contributed by atoms with Crippen LogP contribution in [0, 0.1) is 6.92 Å². The minimum absolute atomic E-state index is 0.202. The predicted molar refractivity (Wildman–Crippen MR) is 94.3 cm³/mol. The lowest BCUT2D eigenvalue weighted by molar-refractivity contribution is 0.0994. The number of hydrogen-bond donors (Lipinski definition) is 2. The summed E-state index contributed by atoms with van der Waals surface area (Å²) in [6.07, 6.45) is 3.30. The first-order valence-electron chi connectivity index (χ1n) is 7.48. The molecule has 8 nitrogen and oxygen atoms in total. The average Bonchev–Trinajstić information content (AvgIpc) is 3.29. The van der Waals surface area contributed by atoms with Crippen LogP contribution in [0.3, 0.4) is 0 Å². The molecule has 0 radical (unpaired) electrons. The lowest BCUT2D eigenvalue weighted by atomic mass is 10.2. The van der Waals surface area contributed by atoms with Crippen LogP contribution in [0.25, 0.3) is 11.0 Å². The van der Waals surface area contributed by atoms with E-state index in [1.54, 1.807) is 29.2 Å². The van der Waals surface area contributed by atoms with Crippen molar-refractivity contribution in [2.75, 3.05) is 5.32 Å². The Balaban J connectivity index is 1.51. The third-order valence-corrected chi connectivity index (χ3v) is 4.52. The van der Waals surface area contributed by atoms with Crippen LogP contribution < -0.4 is 5.32 Å². The van der Waals surface area contributed by atoms with Gasteiger partial charge in [0.15, 0.2) is 5.76 Å². The summed E-state index contributed by atoms with van der Waals surface area (Å²) in [5.41, 5.74) is 2.69. The van der Waals surface area contributed by atoms with Gasteiger partial charge in [0.25, 0.3) is 5.91 Å². The molecule has 4 aromatic rings. The van der Waals surface area contributed by atoms with Crippen LogP contribution in [-0.4, -0.2) is 30.9 Å². The fourth-order valence-electron chi connectivity index (χ4n) is 2.43. The summed E-state index contributed by atoms with van der Waals surface area (Å²) >= 11 is 3.47. The van der Waals surface area contributed by atoms with Crippen molar-refractivity contribution in [3.63, 3.8) is 0 Å². The van der Waals surface area contributed by atoms with Gasteiger partial charge >= 0.3 is 0 Å². The van der Waals surface area contributed by atoms with E-state index in [-0.39, 0.29) is 11.7 Å². The molecule has 126 valence electrons. The summed E-state index contributed by atoms with van der Waals surface area (Å²) in [5.74, 6) is 0.805. The lowest BCUT2D eigenvalue weighted by Gasteiger charge is -1.99. The van der Waals surface area contributed by atoms with Crippen molar-refractivity contribution < 1.29 is 9.21 Å². The average molecular weight is 401 g/mol. The molecular weight excluding hydrogens is 388 g/mol. The number of aryl methyl sites for hydroxylation is 1. The van der Waals surface area contributed by atoms with Crippen molar-refractivity contribution in [1.29, 1.82) is 0 Å². The van der Waals surface area contributed by atoms with Gasteiger partial charge < -0.3 is 9.40 Å². The number of halogens is 1. The van der Waals surface area contributed by atoms with E-state index in [0.717, 1.165) is 21.1 Å². The number of nitrogens with one attached hydrogen (secondary N) is 2. The van der Waals surface area contributed by atoms with Crippen LogP contribution in [0.2, 0.25) is 0 Å². The number of furan rings is 1. The van der Waals surface area contributed by atoms with Gasteiger partial charge in [-0.1, -0.05) is 21.1 Å². The quantitative estimate of drug-likeness (QED) is 0.547. The number of fused-ring (bicyclic) bond motifs is 1. The number of hydrogen-bond acceptors (Lipinski definition) is 5. The summed E-state index contributed by atoms with van der Waals surface area (Å²) in [6, 6.07) is 7.21. The van der Waals surface area contributed by atoms with E-state index < -0.39 is 0 Å². The smallest absolute Gasteiger partial charge is 0.293 e. The van der Waals surface area contributed by atoms with Gasteiger partial charge in [0.2, 0.25) is 5.95 Å². The Morgan fingerprint density at radius 2 is 2.28 bits per heavy atom. The molecule has 0 unspecified atom stereocenters. The third-order valence-electron chi connectivity index (χ3n) is 3.67. The maximum Gasteiger partial charge on any atom is 0.293 e. The van der Waals surface area contributed by atoms with Crippen LogP contribution in [0.4, 0.5) is 5.95 Å². The molecule has 0 aliphatic heterocycles. The minimum Gasteiger partial charge on any atom is -0.454 e. The summed E-state index contributed by atoms with van der Waals surface area (Å²) in [4.78, 5) is 19.8. The number of imidazole rings is 1. The molecule has 0 spiro atoms. The van der Waals surface area contributed by atoms with E-state index in [0.29, 0.717) is 18.3 Å². The first kappa shape index (κ1) is 15.6. The van der Waals surface area contributed by atoms with Crippen LogP contribution in [0.5, 0.6) is 0 Å². The van der Waals surface area contributed by atoms with Crippen molar-refractivity contribution in [2.24, 2.45) is 0 Å². The SMILES string of the molecule is Cc1cc2[nH]c(NC(=O)c3ccc(Cn4ccnn4)o3)nc2cc1Br. The van der Waals surface area contributed by atoms with E-state index in [9.17, 15) is 4.79 Å². The fraction of sp³-hybridized carbons (Fsp3) is 0.125. The highest BCUT2D eigenvalue weighted by Gasteiger charge is 2.14. The van der Waals surface area contributed by atoms with Gasteiger partial charge in [-0.05, 0) is 36.8 Å². The summed E-state index contributed by atoms with van der Waals surface area (Å²) in [7, 11) is 0. The van der Waals surface area contributed by atoms with Gasteiger partial charge in [0, 0.05) is 10.7 Å². The lowest BCUT2D eigenvalue weighted by Crippen LogP contribution is -2.12. The van der Waals surface area contributed by atoms with Crippen molar-refractivity contribution >= 4 is 38.8 Å². The number of aromatic amines is 1. The first-order valence-corrected chi connectivity index (χ1v) is 8.28. The van der Waals surface area contributed by atoms with Gasteiger partial charge in [0.1, 0.15) is 12.3 Å². The van der Waals surface area contributed by atoms with E-state index >= 15 is 0 Å². The Kier molecular flexibility index (Phi) is 3.85. The van der Waals surface area contributed by atoms with Gasteiger partial charge in [-0.25, -0.2) is 9.67 Å². The molecule has 1 amide bonds. The number of nitrogens with zero attached hydrogens (tertiary/aromatic N) is 4. The monoisotopic (exact) mass is 400 g/mol. The van der Waals surface area contributed by atoms with Crippen molar-refractivity contribution in [3.8, 4) is 0 Å². The standard InChI is InChI=1S/C16H13BrN6O2/c1-9-6-12-13(7-11(9)17)20-16(19-12)21-15(24)14-3-2-10(25-14)8-23-5-4-18-22-23/h2-7H,8H2,1H3,(H2,19,20,21,24).